The zero-order valence-electron chi connectivity index (χ0n) is 11.5. The Bertz CT molecular complexity index is 271. The monoisotopic (exact) mass is 255 g/mol. The zero-order valence-corrected chi connectivity index (χ0v) is 11.5. The highest BCUT2D eigenvalue weighted by Crippen LogP contribution is 2.22. The first-order valence-electron chi connectivity index (χ1n) is 6.90. The third kappa shape index (κ3) is 3.43. The summed E-state index contributed by atoms with van der Waals surface area (Å²) < 4.78 is 4.98. The van der Waals surface area contributed by atoms with Gasteiger partial charge in [-0.2, -0.15) is 0 Å². The molecule has 0 spiro atoms. The number of likely N-dealkylation sites (N-methyl/N-ethyl adjacent to an activating group) is 1. The third-order valence-corrected chi connectivity index (χ3v) is 4.22. The molecule has 2 aliphatic heterocycles. The molecule has 104 valence electrons. The predicted molar refractivity (Wildman–Crippen MR) is 70.4 cm³/mol. The molecule has 2 aliphatic rings. The van der Waals surface area contributed by atoms with Crippen molar-refractivity contribution < 1.29 is 9.53 Å². The van der Waals surface area contributed by atoms with Gasteiger partial charge in [0, 0.05) is 32.7 Å². The number of ether oxygens (including phenoxy) is 1. The van der Waals surface area contributed by atoms with Crippen LogP contribution >= 0.6 is 0 Å². The molecule has 18 heavy (non-hydrogen) atoms. The molecule has 2 heterocycles. The number of carbonyl (C=O) groups is 1. The van der Waals surface area contributed by atoms with Gasteiger partial charge in [-0.1, -0.05) is 0 Å². The molecular weight excluding hydrogens is 230 g/mol. The molecule has 2 rings (SSSR count). The minimum Gasteiger partial charge on any atom is -0.469 e. The van der Waals surface area contributed by atoms with Crippen LogP contribution in [0.1, 0.15) is 6.42 Å². The number of nitrogens with one attached hydrogen (secondary N) is 1. The van der Waals surface area contributed by atoms with Gasteiger partial charge in [0.05, 0.1) is 13.0 Å². The smallest absolute Gasteiger partial charge is 0.310 e. The van der Waals surface area contributed by atoms with Crippen LogP contribution < -0.4 is 5.32 Å². The van der Waals surface area contributed by atoms with Crippen LogP contribution in [0.5, 0.6) is 0 Å². The molecule has 2 saturated heterocycles. The maximum Gasteiger partial charge on any atom is 0.310 e. The average Bonchev–Trinajstić information content (AvgIpc) is 2.91. The number of hydrogen-bond donors (Lipinski definition) is 1. The standard InChI is InChI=1S/C13H25N3O2/c1-15-5-7-16(8-6-15)10-12(13(17)18-2)11-3-4-14-9-11/h11-12,14H,3-10H2,1-2H3. The largest absolute Gasteiger partial charge is 0.469 e. The number of carbonyl (C=O) groups excluding carboxylic acids is 1. The molecule has 2 atom stereocenters. The van der Waals surface area contributed by atoms with Gasteiger partial charge in [-0.15, -0.1) is 0 Å². The molecule has 2 unspecified atom stereocenters. The van der Waals surface area contributed by atoms with Crippen LogP contribution in [0.25, 0.3) is 0 Å². The fourth-order valence-electron chi connectivity index (χ4n) is 2.90. The topological polar surface area (TPSA) is 44.8 Å². The van der Waals surface area contributed by atoms with Crippen LogP contribution in [-0.2, 0) is 9.53 Å². The lowest BCUT2D eigenvalue weighted by Gasteiger charge is -2.35. The lowest BCUT2D eigenvalue weighted by molar-refractivity contribution is -0.148. The molecular formula is C13H25N3O2. The van der Waals surface area contributed by atoms with E-state index >= 15 is 0 Å². The van der Waals surface area contributed by atoms with Crippen molar-refractivity contribution >= 4 is 5.97 Å². The van der Waals surface area contributed by atoms with Crippen molar-refractivity contribution in [1.82, 2.24) is 15.1 Å². The number of esters is 1. The maximum atomic E-state index is 11.9. The molecule has 0 aliphatic carbocycles. The zero-order chi connectivity index (χ0) is 13.0. The van der Waals surface area contributed by atoms with Gasteiger partial charge in [-0.05, 0) is 32.5 Å². The molecule has 0 radical (unpaired) electrons. The Balaban J connectivity index is 1.90. The van der Waals surface area contributed by atoms with E-state index in [1.807, 2.05) is 0 Å². The summed E-state index contributed by atoms with van der Waals surface area (Å²) in [7, 11) is 3.65. The number of rotatable bonds is 4. The molecule has 5 heteroatoms. The van der Waals surface area contributed by atoms with E-state index in [4.69, 9.17) is 4.74 Å². The van der Waals surface area contributed by atoms with Gasteiger partial charge in [0.15, 0.2) is 0 Å². The Kier molecular flexibility index (Phi) is 4.97. The van der Waals surface area contributed by atoms with Gasteiger partial charge in [0.2, 0.25) is 0 Å². The van der Waals surface area contributed by atoms with Crippen LogP contribution in [-0.4, -0.2) is 75.7 Å². The van der Waals surface area contributed by atoms with Crippen molar-refractivity contribution in [3.8, 4) is 0 Å². The predicted octanol–water partition coefficient (Wildman–Crippen LogP) is -0.367. The SMILES string of the molecule is COC(=O)C(CN1CCN(C)CC1)C1CCNC1. The Labute approximate surface area is 109 Å². The highest BCUT2D eigenvalue weighted by atomic mass is 16.5. The second kappa shape index (κ2) is 6.50. The minimum absolute atomic E-state index is 0.0356. The average molecular weight is 255 g/mol. The molecule has 0 saturated carbocycles. The number of methoxy groups -OCH3 is 1. The first kappa shape index (κ1) is 13.8. The van der Waals surface area contributed by atoms with Crippen LogP contribution in [0.15, 0.2) is 0 Å². The van der Waals surface area contributed by atoms with E-state index in [1.165, 1.54) is 7.11 Å². The number of hydrogen-bond acceptors (Lipinski definition) is 5. The second-order valence-electron chi connectivity index (χ2n) is 5.49. The third-order valence-electron chi connectivity index (χ3n) is 4.22. The van der Waals surface area contributed by atoms with Gasteiger partial charge in [-0.3, -0.25) is 9.69 Å². The van der Waals surface area contributed by atoms with E-state index in [1.54, 1.807) is 0 Å². The molecule has 5 nitrogen and oxygen atoms in total. The molecule has 1 N–H and O–H groups in total. The van der Waals surface area contributed by atoms with Crippen molar-refractivity contribution in [3.63, 3.8) is 0 Å². The Morgan fingerprint density at radius 1 is 1.39 bits per heavy atom. The fourth-order valence-corrected chi connectivity index (χ4v) is 2.90. The van der Waals surface area contributed by atoms with E-state index in [2.05, 4.69) is 22.2 Å². The second-order valence-corrected chi connectivity index (χ2v) is 5.49. The lowest BCUT2D eigenvalue weighted by atomic mass is 9.91. The normalized spacial score (nSPS) is 28.2. The van der Waals surface area contributed by atoms with E-state index in [0.717, 1.165) is 52.2 Å². The first-order chi connectivity index (χ1) is 8.70. The van der Waals surface area contributed by atoms with E-state index < -0.39 is 0 Å². The number of piperazine rings is 1. The summed E-state index contributed by atoms with van der Waals surface area (Å²) in [5.74, 6) is 0.438. The fraction of sp³-hybridized carbons (Fsp3) is 0.923. The van der Waals surface area contributed by atoms with Gasteiger partial charge in [0.1, 0.15) is 0 Å². The minimum atomic E-state index is -0.0392. The quantitative estimate of drug-likeness (QED) is 0.695. The highest BCUT2D eigenvalue weighted by Gasteiger charge is 2.33. The van der Waals surface area contributed by atoms with Crippen LogP contribution in [0.2, 0.25) is 0 Å². The van der Waals surface area contributed by atoms with E-state index in [9.17, 15) is 4.79 Å². The summed E-state index contributed by atoms with van der Waals surface area (Å²) in [5.41, 5.74) is 0. The molecule has 0 bridgehead atoms. The van der Waals surface area contributed by atoms with Crippen molar-refractivity contribution in [2.45, 2.75) is 6.42 Å². The Morgan fingerprint density at radius 3 is 2.67 bits per heavy atom. The molecule has 0 aromatic rings. The summed E-state index contributed by atoms with van der Waals surface area (Å²) in [4.78, 5) is 16.7. The summed E-state index contributed by atoms with van der Waals surface area (Å²) in [6, 6.07) is 0. The lowest BCUT2D eigenvalue weighted by Crippen LogP contribution is -2.48. The number of nitrogens with zero attached hydrogens (tertiary/aromatic N) is 2. The van der Waals surface area contributed by atoms with Crippen molar-refractivity contribution in [2.24, 2.45) is 11.8 Å². The van der Waals surface area contributed by atoms with Gasteiger partial charge in [0.25, 0.3) is 0 Å². The van der Waals surface area contributed by atoms with Gasteiger partial charge in [-0.25, -0.2) is 0 Å². The highest BCUT2D eigenvalue weighted by molar-refractivity contribution is 5.73. The summed E-state index contributed by atoms with van der Waals surface area (Å²) in [6.07, 6.45) is 1.09. The molecule has 0 aromatic heterocycles. The molecule has 0 amide bonds. The summed E-state index contributed by atoms with van der Waals surface area (Å²) in [6.45, 7) is 7.14. The molecule has 2 fully saturated rings. The van der Waals surface area contributed by atoms with Crippen LogP contribution in [0.3, 0.4) is 0 Å². The molecule has 0 aromatic carbocycles. The first-order valence-corrected chi connectivity index (χ1v) is 6.90. The van der Waals surface area contributed by atoms with E-state index in [-0.39, 0.29) is 11.9 Å². The Morgan fingerprint density at radius 2 is 2.11 bits per heavy atom. The summed E-state index contributed by atoms with van der Waals surface area (Å²) in [5, 5.41) is 3.34. The van der Waals surface area contributed by atoms with Crippen molar-refractivity contribution in [3.05, 3.63) is 0 Å². The maximum absolute atomic E-state index is 11.9. The van der Waals surface area contributed by atoms with Crippen LogP contribution in [0.4, 0.5) is 0 Å². The Hall–Kier alpha value is -0.650. The van der Waals surface area contributed by atoms with Crippen molar-refractivity contribution in [1.29, 1.82) is 0 Å². The van der Waals surface area contributed by atoms with Crippen LogP contribution in [0, 0.1) is 11.8 Å². The van der Waals surface area contributed by atoms with Gasteiger partial charge >= 0.3 is 5.97 Å². The summed E-state index contributed by atoms with van der Waals surface area (Å²) >= 11 is 0. The van der Waals surface area contributed by atoms with E-state index in [0.29, 0.717) is 5.92 Å². The van der Waals surface area contributed by atoms with Crippen molar-refractivity contribution in [2.75, 3.05) is 60.0 Å². The van der Waals surface area contributed by atoms with Gasteiger partial charge < -0.3 is 15.0 Å².